The molecule has 0 aliphatic heterocycles. The van der Waals surface area contributed by atoms with E-state index in [2.05, 4.69) is 36.1 Å². The van der Waals surface area contributed by atoms with E-state index in [4.69, 9.17) is 11.6 Å². The topological polar surface area (TPSA) is 322 Å². The monoisotopic (exact) mass is 855 g/mol. The maximum absolute atomic E-state index is 14.6. The zero-order chi connectivity index (χ0) is 40.2. The normalized spacial score (nSPS) is 14.4. The summed E-state index contributed by atoms with van der Waals surface area (Å²) in [5.74, 6) is -2.48. The maximum Gasteiger partial charge on any atom is 0.315 e. The highest BCUT2D eigenvalue weighted by atomic mass is 35.5. The molecule has 1 aliphatic rings. The predicted octanol–water partition coefficient (Wildman–Crippen LogP) is 3.94. The molecule has 0 amide bonds. The number of benzene rings is 4. The fourth-order valence-electron chi connectivity index (χ4n) is 5.25. The largest absolute Gasteiger partial charge is 0.324 e. The minimum absolute atomic E-state index is 0.334. The number of aromatic nitrogens is 3. The Morgan fingerprint density at radius 1 is 0.691 bits per heavy atom. The molecule has 6 rings (SSSR count). The van der Waals surface area contributed by atoms with Gasteiger partial charge in [0, 0.05) is 21.5 Å². The van der Waals surface area contributed by atoms with Crippen LogP contribution in [0.25, 0.3) is 16.8 Å². The highest BCUT2D eigenvalue weighted by molar-refractivity contribution is 7.91. The molecule has 0 radical (unpaired) electrons. The van der Waals surface area contributed by atoms with Gasteiger partial charge in [0.1, 0.15) is 14.7 Å². The van der Waals surface area contributed by atoms with Gasteiger partial charge in [0.15, 0.2) is 5.71 Å². The van der Waals surface area contributed by atoms with Crippen LogP contribution in [0.2, 0.25) is 5.02 Å². The number of nitrogens with one attached hydrogen (secondary N) is 3. The number of carbonyl (C=O) groups is 1. The SMILES string of the molecule is O=C1C(=NNc2ccc3c(S(=O)(=O)O)cccc3c2S(=O)(=O)O)C(S(=O)(=O)O)=Cc2cc(S(=O)(=O)O)cc(Nc3nc(F)nc(Nc4ccc(Cl)cc4)n3)c21. The van der Waals surface area contributed by atoms with Gasteiger partial charge < -0.3 is 10.6 Å². The lowest BCUT2D eigenvalue weighted by atomic mass is 9.93. The van der Waals surface area contributed by atoms with Crippen LogP contribution in [0.15, 0.2) is 91.4 Å². The first-order valence-corrected chi connectivity index (χ1v) is 20.6. The van der Waals surface area contributed by atoms with Crippen molar-refractivity contribution in [1.29, 1.82) is 0 Å². The number of carbonyl (C=O) groups excluding carboxylic acids is 1. The number of ketones is 1. The highest BCUT2D eigenvalue weighted by Crippen LogP contribution is 2.37. The number of anilines is 5. The summed E-state index contributed by atoms with van der Waals surface area (Å²) in [5.41, 5.74) is -1.21. The third kappa shape index (κ3) is 8.28. The van der Waals surface area contributed by atoms with E-state index in [0.29, 0.717) is 28.9 Å². The van der Waals surface area contributed by atoms with Crippen molar-refractivity contribution in [2.45, 2.75) is 14.7 Å². The van der Waals surface area contributed by atoms with Crippen LogP contribution in [-0.2, 0) is 40.5 Å². The Morgan fingerprint density at radius 3 is 1.95 bits per heavy atom. The van der Waals surface area contributed by atoms with Gasteiger partial charge in [-0.1, -0.05) is 29.8 Å². The van der Waals surface area contributed by atoms with Crippen molar-refractivity contribution in [1.82, 2.24) is 15.0 Å². The number of Topliss-reactive ketones (excluding diaryl/α,β-unsaturated/α-hetero) is 1. The molecule has 0 atom stereocenters. The third-order valence-corrected chi connectivity index (χ3v) is 11.2. The summed E-state index contributed by atoms with van der Waals surface area (Å²) in [5, 5.41) is 8.27. The standard InChI is InChI=1S/C29H19ClFN7O13S4/c30-14-4-6-15(7-5-14)32-28-34-27(31)35-29(36-28)33-20-12-16(52(40,41)42)10-13-11-22(54(46,47)48)24(25(39)23(13)20)38-37-19-9-8-17-18(26(19)55(49,50)51)2-1-3-21(17)53(43,44)45/h1-12,37H,(H,40,41,42)(H,43,44,45)(H,46,47,48)(H,49,50,51)(H2,32,33,34,35,36). The molecule has 0 unspecified atom stereocenters. The predicted molar refractivity (Wildman–Crippen MR) is 193 cm³/mol. The fraction of sp³-hybridized carbons (Fsp3) is 0. The molecule has 0 fully saturated rings. The summed E-state index contributed by atoms with van der Waals surface area (Å²) in [4.78, 5) is 21.0. The second-order valence-electron chi connectivity index (χ2n) is 11.0. The molecule has 0 bridgehead atoms. The quantitative estimate of drug-likeness (QED) is 0.0772. The molecule has 1 heterocycles. The molecule has 26 heteroatoms. The maximum atomic E-state index is 14.6. The molecule has 20 nitrogen and oxygen atoms in total. The van der Waals surface area contributed by atoms with Crippen molar-refractivity contribution in [2.24, 2.45) is 5.10 Å². The van der Waals surface area contributed by atoms with Crippen molar-refractivity contribution in [3.8, 4) is 0 Å². The Bertz CT molecular complexity index is 3000. The van der Waals surface area contributed by atoms with Crippen molar-refractivity contribution >= 4 is 109 Å². The first-order chi connectivity index (χ1) is 25.5. The van der Waals surface area contributed by atoms with Gasteiger partial charge in [-0.05, 0) is 60.2 Å². The molecular formula is C29H19ClFN7O13S4. The van der Waals surface area contributed by atoms with Crippen molar-refractivity contribution < 1.29 is 61.1 Å². The van der Waals surface area contributed by atoms with Crippen molar-refractivity contribution in [3.63, 3.8) is 0 Å². The minimum atomic E-state index is -5.44. The number of allylic oxidation sites excluding steroid dienone is 1. The highest BCUT2D eigenvalue weighted by Gasteiger charge is 2.36. The lowest BCUT2D eigenvalue weighted by Gasteiger charge is -2.21. The van der Waals surface area contributed by atoms with E-state index in [1.807, 2.05) is 0 Å². The molecule has 0 saturated heterocycles. The van der Waals surface area contributed by atoms with Crippen LogP contribution in [0.4, 0.5) is 33.3 Å². The summed E-state index contributed by atoms with van der Waals surface area (Å²) < 4.78 is 153. The number of fused-ring (bicyclic) bond motifs is 2. The van der Waals surface area contributed by atoms with Crippen molar-refractivity contribution in [2.75, 3.05) is 16.1 Å². The summed E-state index contributed by atoms with van der Waals surface area (Å²) >= 11 is 5.88. The smallest absolute Gasteiger partial charge is 0.315 e. The Labute approximate surface area is 313 Å². The molecule has 1 aliphatic carbocycles. The molecule has 0 saturated carbocycles. The van der Waals surface area contributed by atoms with Gasteiger partial charge in [-0.3, -0.25) is 28.4 Å². The van der Waals surface area contributed by atoms with Gasteiger partial charge >= 0.3 is 6.08 Å². The molecule has 55 heavy (non-hydrogen) atoms. The van der Waals surface area contributed by atoms with Crippen LogP contribution in [0, 0.1) is 6.08 Å². The van der Waals surface area contributed by atoms with E-state index in [1.165, 1.54) is 24.3 Å². The lowest BCUT2D eigenvalue weighted by Crippen LogP contribution is -2.28. The van der Waals surface area contributed by atoms with E-state index in [1.54, 1.807) is 0 Å². The number of halogens is 2. The fourth-order valence-corrected chi connectivity index (χ4v) is 8.13. The van der Waals surface area contributed by atoms with Crippen LogP contribution >= 0.6 is 11.6 Å². The average molecular weight is 856 g/mol. The second kappa shape index (κ2) is 14.0. The zero-order valence-corrected chi connectivity index (χ0v) is 30.6. The van der Waals surface area contributed by atoms with E-state index in [9.17, 15) is 61.1 Å². The summed E-state index contributed by atoms with van der Waals surface area (Å²) in [6, 6.07) is 12.1. The molecule has 5 aromatic rings. The first kappa shape index (κ1) is 39.2. The molecule has 4 aromatic carbocycles. The number of hydrazone groups is 1. The van der Waals surface area contributed by atoms with E-state index >= 15 is 0 Å². The van der Waals surface area contributed by atoms with Gasteiger partial charge in [-0.25, -0.2) is 0 Å². The second-order valence-corrected chi connectivity index (χ2v) is 17.0. The molecular weight excluding hydrogens is 837 g/mol. The first-order valence-electron chi connectivity index (χ1n) is 14.5. The number of hydrogen-bond donors (Lipinski definition) is 7. The van der Waals surface area contributed by atoms with Gasteiger partial charge in [0.2, 0.25) is 17.7 Å². The number of nitrogens with zero attached hydrogens (tertiary/aromatic N) is 4. The average Bonchev–Trinajstić information content (AvgIpc) is 3.06. The Balaban J connectivity index is 1.50. The van der Waals surface area contributed by atoms with E-state index in [-0.39, 0.29) is 5.39 Å². The van der Waals surface area contributed by atoms with Gasteiger partial charge in [0.05, 0.1) is 21.8 Å². The molecule has 1 aromatic heterocycles. The van der Waals surface area contributed by atoms with Crippen LogP contribution in [-0.4, -0.2) is 78.3 Å². The third-order valence-electron chi connectivity index (χ3n) is 7.43. The molecule has 286 valence electrons. The summed E-state index contributed by atoms with van der Waals surface area (Å²) in [6.45, 7) is 0. The van der Waals surface area contributed by atoms with Gasteiger partial charge in [0.25, 0.3) is 40.5 Å². The Hall–Kier alpha value is -5.51. The van der Waals surface area contributed by atoms with Crippen LogP contribution in [0.3, 0.4) is 0 Å². The van der Waals surface area contributed by atoms with Crippen molar-refractivity contribution in [3.05, 3.63) is 93.9 Å². The Kier molecular flexibility index (Phi) is 9.95. The van der Waals surface area contributed by atoms with Crippen LogP contribution in [0.5, 0.6) is 0 Å². The van der Waals surface area contributed by atoms with Gasteiger partial charge in [-0.2, -0.15) is 58.1 Å². The van der Waals surface area contributed by atoms with Crippen LogP contribution in [0.1, 0.15) is 15.9 Å². The molecule has 0 spiro atoms. The molecule has 7 N–H and O–H groups in total. The minimum Gasteiger partial charge on any atom is -0.324 e. The van der Waals surface area contributed by atoms with E-state index in [0.717, 1.165) is 30.3 Å². The van der Waals surface area contributed by atoms with Crippen LogP contribution < -0.4 is 16.1 Å². The zero-order valence-electron chi connectivity index (χ0n) is 26.6. The lowest BCUT2D eigenvalue weighted by molar-refractivity contribution is 0.106. The number of hydrogen-bond acceptors (Lipinski definition) is 16. The summed E-state index contributed by atoms with van der Waals surface area (Å²) in [6.07, 6.45) is -0.815. The summed E-state index contributed by atoms with van der Waals surface area (Å²) in [7, 11) is -20.8. The van der Waals surface area contributed by atoms with Gasteiger partial charge in [-0.15, -0.1) is 0 Å². The van der Waals surface area contributed by atoms with E-state index < -0.39 is 117 Å². The Morgan fingerprint density at radius 2 is 1.35 bits per heavy atom. The number of rotatable bonds is 10.